The number of halogens is 3. The van der Waals surface area contributed by atoms with Gasteiger partial charge in [-0.15, -0.1) is 12.4 Å². The molecule has 2 aromatic rings. The van der Waals surface area contributed by atoms with Crippen LogP contribution < -0.4 is 10.5 Å². The molecule has 1 aliphatic carbocycles. The second kappa shape index (κ2) is 6.23. The molecule has 0 heterocycles. The maximum Gasteiger partial charge on any atom is 0.139 e. The fourth-order valence-electron chi connectivity index (χ4n) is 2.44. The maximum atomic E-state index is 6.16. The van der Waals surface area contributed by atoms with E-state index >= 15 is 0 Å². The molecule has 3 rings (SSSR count). The zero-order valence-corrected chi connectivity index (χ0v) is 12.9. The Morgan fingerprint density at radius 1 is 1.05 bits per heavy atom. The molecule has 2 atom stereocenters. The van der Waals surface area contributed by atoms with Crippen LogP contribution in [-0.4, -0.2) is 6.04 Å². The van der Waals surface area contributed by atoms with Gasteiger partial charge in [-0.3, -0.25) is 0 Å². The summed E-state index contributed by atoms with van der Waals surface area (Å²) in [5.41, 5.74) is 8.56. The van der Waals surface area contributed by atoms with Crippen molar-refractivity contribution in [2.45, 2.75) is 18.6 Å². The standard InChI is InChI=1S/C15H13Cl2NO.ClH/c16-12-6-5-10(8-13(12)17)19-15-11-4-2-1-3-9(11)7-14(15)18;/h1-6,8,14-15H,7,18H2;1H. The Kier molecular flexibility index (Phi) is 4.82. The highest BCUT2D eigenvalue weighted by Gasteiger charge is 2.31. The van der Waals surface area contributed by atoms with E-state index in [1.54, 1.807) is 12.1 Å². The van der Waals surface area contributed by atoms with Gasteiger partial charge in [0, 0.05) is 12.1 Å². The first-order valence-electron chi connectivity index (χ1n) is 6.10. The van der Waals surface area contributed by atoms with Crippen LogP contribution in [0.4, 0.5) is 0 Å². The third-order valence-corrected chi connectivity index (χ3v) is 4.10. The minimum absolute atomic E-state index is 0. The summed E-state index contributed by atoms with van der Waals surface area (Å²) in [5, 5.41) is 1.00. The first-order valence-corrected chi connectivity index (χ1v) is 6.86. The van der Waals surface area contributed by atoms with Crippen LogP contribution in [0.2, 0.25) is 10.0 Å². The molecule has 0 aromatic heterocycles. The second-order valence-electron chi connectivity index (χ2n) is 4.68. The minimum Gasteiger partial charge on any atom is -0.484 e. The summed E-state index contributed by atoms with van der Waals surface area (Å²) in [4.78, 5) is 0. The molecule has 0 amide bonds. The van der Waals surface area contributed by atoms with Gasteiger partial charge in [0.05, 0.1) is 10.0 Å². The van der Waals surface area contributed by atoms with Crippen LogP contribution in [0.25, 0.3) is 0 Å². The largest absolute Gasteiger partial charge is 0.484 e. The summed E-state index contributed by atoms with van der Waals surface area (Å²) in [5.74, 6) is 0.687. The first kappa shape index (κ1) is 15.5. The zero-order chi connectivity index (χ0) is 13.4. The van der Waals surface area contributed by atoms with E-state index in [1.165, 1.54) is 5.56 Å². The molecule has 0 bridgehead atoms. The summed E-state index contributed by atoms with van der Waals surface area (Å²) in [6.07, 6.45) is 0.704. The van der Waals surface area contributed by atoms with Gasteiger partial charge in [0.15, 0.2) is 0 Å². The number of fused-ring (bicyclic) bond motifs is 1. The summed E-state index contributed by atoms with van der Waals surface area (Å²) < 4.78 is 5.98. The molecule has 106 valence electrons. The quantitative estimate of drug-likeness (QED) is 0.884. The Morgan fingerprint density at radius 3 is 2.55 bits per heavy atom. The lowest BCUT2D eigenvalue weighted by atomic mass is 10.1. The Balaban J connectivity index is 0.00000147. The molecule has 0 aliphatic heterocycles. The van der Waals surface area contributed by atoms with Crippen molar-refractivity contribution in [2.75, 3.05) is 0 Å². The molecular formula is C15H14Cl3NO. The SMILES string of the molecule is Cl.NC1Cc2ccccc2C1Oc1ccc(Cl)c(Cl)c1. The zero-order valence-electron chi connectivity index (χ0n) is 10.6. The fourth-order valence-corrected chi connectivity index (χ4v) is 2.72. The van der Waals surface area contributed by atoms with E-state index < -0.39 is 0 Å². The topological polar surface area (TPSA) is 35.2 Å². The van der Waals surface area contributed by atoms with Crippen LogP contribution in [0.1, 0.15) is 17.2 Å². The van der Waals surface area contributed by atoms with Gasteiger partial charge in [-0.05, 0) is 29.7 Å². The number of benzene rings is 2. The van der Waals surface area contributed by atoms with E-state index in [9.17, 15) is 0 Å². The summed E-state index contributed by atoms with van der Waals surface area (Å²) in [6, 6.07) is 13.4. The third kappa shape index (κ3) is 2.89. The van der Waals surface area contributed by atoms with Crippen LogP contribution in [-0.2, 0) is 6.42 Å². The Bertz CT molecular complexity index is 618. The molecule has 5 heteroatoms. The van der Waals surface area contributed by atoms with E-state index in [0.717, 1.165) is 12.0 Å². The minimum atomic E-state index is -0.131. The lowest BCUT2D eigenvalue weighted by Crippen LogP contribution is -2.28. The highest BCUT2D eigenvalue weighted by atomic mass is 35.5. The Labute approximate surface area is 134 Å². The fraction of sp³-hybridized carbons (Fsp3) is 0.200. The smallest absolute Gasteiger partial charge is 0.139 e. The highest BCUT2D eigenvalue weighted by molar-refractivity contribution is 6.42. The molecule has 20 heavy (non-hydrogen) atoms. The number of ether oxygens (including phenoxy) is 1. The predicted molar refractivity (Wildman–Crippen MR) is 85.2 cm³/mol. The van der Waals surface area contributed by atoms with Gasteiger partial charge >= 0.3 is 0 Å². The van der Waals surface area contributed by atoms with Crippen molar-refractivity contribution in [3.05, 3.63) is 63.6 Å². The molecule has 0 fully saturated rings. The molecule has 2 nitrogen and oxygen atoms in total. The van der Waals surface area contributed by atoms with E-state index in [1.807, 2.05) is 18.2 Å². The van der Waals surface area contributed by atoms with Crippen LogP contribution in [0.5, 0.6) is 5.75 Å². The van der Waals surface area contributed by atoms with Gasteiger partial charge in [0.2, 0.25) is 0 Å². The second-order valence-corrected chi connectivity index (χ2v) is 5.50. The number of hydrogen-bond donors (Lipinski definition) is 1. The third-order valence-electron chi connectivity index (χ3n) is 3.36. The van der Waals surface area contributed by atoms with Crippen molar-refractivity contribution in [3.63, 3.8) is 0 Å². The van der Waals surface area contributed by atoms with E-state index in [-0.39, 0.29) is 24.6 Å². The number of hydrogen-bond acceptors (Lipinski definition) is 2. The van der Waals surface area contributed by atoms with Gasteiger partial charge in [0.1, 0.15) is 11.9 Å². The highest BCUT2D eigenvalue weighted by Crippen LogP contribution is 2.35. The lowest BCUT2D eigenvalue weighted by molar-refractivity contribution is 0.186. The number of nitrogens with two attached hydrogens (primary N) is 1. The molecule has 0 saturated heterocycles. The van der Waals surface area contributed by atoms with Crippen molar-refractivity contribution in [2.24, 2.45) is 5.73 Å². The van der Waals surface area contributed by atoms with Gasteiger partial charge in [-0.25, -0.2) is 0 Å². The van der Waals surface area contributed by atoms with Crippen molar-refractivity contribution in [1.82, 2.24) is 0 Å². The molecule has 0 spiro atoms. The maximum absolute atomic E-state index is 6.16. The molecule has 0 saturated carbocycles. The molecule has 0 radical (unpaired) electrons. The van der Waals surface area contributed by atoms with Crippen LogP contribution in [0, 0.1) is 0 Å². The van der Waals surface area contributed by atoms with Crippen molar-refractivity contribution in [3.8, 4) is 5.75 Å². The van der Waals surface area contributed by atoms with Gasteiger partial charge < -0.3 is 10.5 Å². The molecule has 1 aliphatic rings. The summed E-state index contributed by atoms with van der Waals surface area (Å²) in [6.45, 7) is 0. The Morgan fingerprint density at radius 2 is 1.80 bits per heavy atom. The average molecular weight is 331 g/mol. The normalized spacial score (nSPS) is 20.1. The van der Waals surface area contributed by atoms with Crippen LogP contribution >= 0.6 is 35.6 Å². The van der Waals surface area contributed by atoms with E-state index in [4.69, 9.17) is 33.7 Å². The van der Waals surface area contributed by atoms with E-state index in [2.05, 4.69) is 12.1 Å². The van der Waals surface area contributed by atoms with Crippen molar-refractivity contribution >= 4 is 35.6 Å². The lowest BCUT2D eigenvalue weighted by Gasteiger charge is -2.19. The average Bonchev–Trinajstić information content (AvgIpc) is 2.71. The van der Waals surface area contributed by atoms with Gasteiger partial charge in [-0.1, -0.05) is 47.5 Å². The monoisotopic (exact) mass is 329 g/mol. The Hall–Kier alpha value is -0.930. The summed E-state index contributed by atoms with van der Waals surface area (Å²) >= 11 is 11.9. The number of rotatable bonds is 2. The molecule has 2 aromatic carbocycles. The summed E-state index contributed by atoms with van der Waals surface area (Å²) in [7, 11) is 0. The van der Waals surface area contributed by atoms with Crippen LogP contribution in [0.3, 0.4) is 0 Å². The predicted octanol–water partition coefficient (Wildman–Crippen LogP) is 4.42. The molecular weight excluding hydrogens is 317 g/mol. The van der Waals surface area contributed by atoms with Gasteiger partial charge in [-0.2, -0.15) is 0 Å². The molecule has 2 unspecified atom stereocenters. The molecule has 2 N–H and O–H groups in total. The van der Waals surface area contributed by atoms with Crippen LogP contribution in [0.15, 0.2) is 42.5 Å². The van der Waals surface area contributed by atoms with Crippen molar-refractivity contribution < 1.29 is 4.74 Å². The van der Waals surface area contributed by atoms with Crippen molar-refractivity contribution in [1.29, 1.82) is 0 Å². The van der Waals surface area contributed by atoms with Gasteiger partial charge in [0.25, 0.3) is 0 Å². The van der Waals surface area contributed by atoms with E-state index in [0.29, 0.717) is 15.8 Å². The first-order chi connectivity index (χ1) is 9.15.